The number of benzene rings is 1. The largest absolute Gasteiger partial charge is 0.462 e. The lowest BCUT2D eigenvalue weighted by Crippen LogP contribution is -2.11. The van der Waals surface area contributed by atoms with Crippen molar-refractivity contribution in [1.82, 2.24) is 0 Å². The summed E-state index contributed by atoms with van der Waals surface area (Å²) in [5.41, 5.74) is 0.949. The minimum atomic E-state index is -0.525. The van der Waals surface area contributed by atoms with Crippen LogP contribution in [0.15, 0.2) is 18.2 Å². The third kappa shape index (κ3) is 3.88. The molecule has 1 amide bonds. The lowest BCUT2D eigenvalue weighted by atomic mass is 10.1. The van der Waals surface area contributed by atoms with Crippen molar-refractivity contribution in [2.24, 2.45) is 0 Å². The zero-order valence-electron chi connectivity index (χ0n) is 12.8. The number of hydrogen-bond donors (Lipinski definition) is 1. The first-order chi connectivity index (χ1) is 11.4. The Balaban J connectivity index is 2.35. The quantitative estimate of drug-likeness (QED) is 0.779. The third-order valence-electron chi connectivity index (χ3n) is 3.07. The van der Waals surface area contributed by atoms with E-state index in [1.807, 2.05) is 6.07 Å². The summed E-state index contributed by atoms with van der Waals surface area (Å²) in [6, 6.07) is 6.43. The Morgan fingerprint density at radius 3 is 2.46 bits per heavy atom. The number of rotatable bonds is 4. The molecular formula is C16H12Cl2N2O3S. The van der Waals surface area contributed by atoms with Crippen LogP contribution in [-0.4, -0.2) is 18.5 Å². The van der Waals surface area contributed by atoms with Gasteiger partial charge in [0.05, 0.1) is 12.2 Å². The first-order valence-corrected chi connectivity index (χ1v) is 8.42. The van der Waals surface area contributed by atoms with Gasteiger partial charge in [0.2, 0.25) is 0 Å². The topological polar surface area (TPSA) is 79.2 Å². The minimum Gasteiger partial charge on any atom is -0.462 e. The summed E-state index contributed by atoms with van der Waals surface area (Å²) >= 11 is 12.8. The summed E-state index contributed by atoms with van der Waals surface area (Å²) in [5, 5.41) is 12.9. The van der Waals surface area contributed by atoms with Gasteiger partial charge in [-0.2, -0.15) is 5.26 Å². The number of carbonyl (C=O) groups excluding carboxylic acids is 2. The summed E-state index contributed by atoms with van der Waals surface area (Å²) < 4.78 is 4.96. The fraction of sp³-hybridized carbons (Fsp3) is 0.188. The van der Waals surface area contributed by atoms with Crippen LogP contribution in [0.2, 0.25) is 10.0 Å². The Morgan fingerprint density at radius 2 is 1.92 bits per heavy atom. The Labute approximate surface area is 152 Å². The van der Waals surface area contributed by atoms with Crippen molar-refractivity contribution in [3.8, 4) is 6.07 Å². The number of carbonyl (C=O) groups is 2. The van der Waals surface area contributed by atoms with E-state index in [1.54, 1.807) is 13.8 Å². The molecule has 1 heterocycles. The molecule has 5 nitrogen and oxygen atoms in total. The number of esters is 1. The number of nitriles is 1. The van der Waals surface area contributed by atoms with Crippen LogP contribution in [0, 0.1) is 18.3 Å². The van der Waals surface area contributed by atoms with Crippen molar-refractivity contribution in [1.29, 1.82) is 5.26 Å². The fourth-order valence-electron chi connectivity index (χ4n) is 1.99. The lowest BCUT2D eigenvalue weighted by molar-refractivity contribution is 0.0531. The van der Waals surface area contributed by atoms with Crippen LogP contribution in [0.3, 0.4) is 0 Å². The standard InChI is InChI=1S/C16H12Cl2N2O3S/c1-3-23-16(22)13-8(2)12(7-19)15(24-13)20-14(21)9-4-10(17)6-11(18)5-9/h4-6H,3H2,1-2H3,(H,20,21). The van der Waals surface area contributed by atoms with Crippen LogP contribution >= 0.6 is 34.5 Å². The molecular weight excluding hydrogens is 371 g/mol. The van der Waals surface area contributed by atoms with Gasteiger partial charge in [0.25, 0.3) is 5.91 Å². The zero-order chi connectivity index (χ0) is 17.9. The highest BCUT2D eigenvalue weighted by Gasteiger charge is 2.22. The van der Waals surface area contributed by atoms with Crippen LogP contribution in [0.1, 0.15) is 38.1 Å². The smallest absolute Gasteiger partial charge is 0.348 e. The summed E-state index contributed by atoms with van der Waals surface area (Å²) in [7, 11) is 0. The molecule has 0 fully saturated rings. The van der Waals surface area contributed by atoms with Crippen LogP contribution in [-0.2, 0) is 4.74 Å². The Bertz CT molecular complexity index is 835. The van der Waals surface area contributed by atoms with E-state index >= 15 is 0 Å². The number of thiophene rings is 1. The van der Waals surface area contributed by atoms with Crippen molar-refractivity contribution in [3.05, 3.63) is 49.8 Å². The van der Waals surface area contributed by atoms with Crippen molar-refractivity contribution < 1.29 is 14.3 Å². The van der Waals surface area contributed by atoms with Gasteiger partial charge in [-0.15, -0.1) is 11.3 Å². The van der Waals surface area contributed by atoms with Crippen molar-refractivity contribution in [3.63, 3.8) is 0 Å². The molecule has 0 saturated carbocycles. The predicted octanol–water partition coefficient (Wildman–Crippen LogP) is 4.66. The second-order valence-corrected chi connectivity index (χ2v) is 6.60. The monoisotopic (exact) mass is 382 g/mol. The van der Waals surface area contributed by atoms with E-state index in [0.717, 1.165) is 11.3 Å². The highest BCUT2D eigenvalue weighted by Crippen LogP contribution is 2.33. The normalized spacial score (nSPS) is 10.1. The van der Waals surface area contributed by atoms with E-state index in [0.29, 0.717) is 15.6 Å². The molecule has 1 N–H and O–H groups in total. The van der Waals surface area contributed by atoms with Gasteiger partial charge in [0.1, 0.15) is 15.9 Å². The number of amides is 1. The molecule has 0 atom stereocenters. The highest BCUT2D eigenvalue weighted by molar-refractivity contribution is 7.18. The van der Waals surface area contributed by atoms with Gasteiger partial charge in [0.15, 0.2) is 0 Å². The number of ether oxygens (including phenoxy) is 1. The van der Waals surface area contributed by atoms with Crippen LogP contribution in [0.25, 0.3) is 0 Å². The summed E-state index contributed by atoms with van der Waals surface area (Å²) in [5.74, 6) is -1.00. The first-order valence-electron chi connectivity index (χ1n) is 6.85. The molecule has 8 heteroatoms. The fourth-order valence-corrected chi connectivity index (χ4v) is 3.56. The molecule has 0 aliphatic heterocycles. The molecule has 2 aromatic rings. The minimum absolute atomic E-state index is 0.223. The molecule has 0 aliphatic rings. The molecule has 0 saturated heterocycles. The van der Waals surface area contributed by atoms with Crippen molar-refractivity contribution >= 4 is 51.4 Å². The van der Waals surface area contributed by atoms with Gasteiger partial charge in [-0.25, -0.2) is 4.79 Å². The van der Waals surface area contributed by atoms with E-state index < -0.39 is 11.9 Å². The molecule has 24 heavy (non-hydrogen) atoms. The SMILES string of the molecule is CCOC(=O)c1sc(NC(=O)c2cc(Cl)cc(Cl)c2)c(C#N)c1C. The second kappa shape index (κ2) is 7.67. The van der Waals surface area contributed by atoms with Crippen LogP contribution in [0.5, 0.6) is 0 Å². The average molecular weight is 383 g/mol. The Morgan fingerprint density at radius 1 is 1.29 bits per heavy atom. The van der Waals surface area contributed by atoms with Crippen molar-refractivity contribution in [2.45, 2.75) is 13.8 Å². The molecule has 0 radical (unpaired) electrons. The molecule has 1 aromatic carbocycles. The first kappa shape index (κ1) is 18.3. The maximum Gasteiger partial charge on any atom is 0.348 e. The molecule has 0 spiro atoms. The number of halogens is 2. The van der Waals surface area contributed by atoms with Gasteiger partial charge in [-0.05, 0) is 37.6 Å². The van der Waals surface area contributed by atoms with E-state index in [-0.39, 0.29) is 27.6 Å². The van der Waals surface area contributed by atoms with Crippen molar-refractivity contribution in [2.75, 3.05) is 11.9 Å². The van der Waals surface area contributed by atoms with Crippen LogP contribution < -0.4 is 5.32 Å². The third-order valence-corrected chi connectivity index (χ3v) is 4.69. The summed E-state index contributed by atoms with van der Waals surface area (Å²) in [6.07, 6.45) is 0. The van der Waals surface area contributed by atoms with Gasteiger partial charge in [0, 0.05) is 15.6 Å². The Hall–Kier alpha value is -2.07. The predicted molar refractivity (Wildman–Crippen MR) is 94.1 cm³/mol. The lowest BCUT2D eigenvalue weighted by Gasteiger charge is -2.04. The average Bonchev–Trinajstić information content (AvgIpc) is 2.82. The van der Waals surface area contributed by atoms with Gasteiger partial charge < -0.3 is 10.1 Å². The molecule has 0 aliphatic carbocycles. The van der Waals surface area contributed by atoms with E-state index in [1.165, 1.54) is 18.2 Å². The summed E-state index contributed by atoms with van der Waals surface area (Å²) in [6.45, 7) is 3.55. The van der Waals surface area contributed by atoms with Gasteiger partial charge in [-0.1, -0.05) is 23.2 Å². The van der Waals surface area contributed by atoms with E-state index in [4.69, 9.17) is 27.9 Å². The van der Waals surface area contributed by atoms with E-state index in [2.05, 4.69) is 5.32 Å². The van der Waals surface area contributed by atoms with Crippen LogP contribution in [0.4, 0.5) is 5.00 Å². The maximum atomic E-state index is 12.4. The molecule has 0 bridgehead atoms. The number of anilines is 1. The highest BCUT2D eigenvalue weighted by atomic mass is 35.5. The van der Waals surface area contributed by atoms with Gasteiger partial charge in [-0.3, -0.25) is 4.79 Å². The van der Waals surface area contributed by atoms with Gasteiger partial charge >= 0.3 is 5.97 Å². The number of nitrogens with one attached hydrogen (secondary N) is 1. The number of nitrogens with zero attached hydrogens (tertiary/aromatic N) is 1. The molecule has 2 rings (SSSR count). The zero-order valence-corrected chi connectivity index (χ0v) is 15.1. The maximum absolute atomic E-state index is 12.4. The second-order valence-electron chi connectivity index (χ2n) is 4.70. The molecule has 0 unspecified atom stereocenters. The molecule has 1 aromatic heterocycles. The number of hydrogen-bond acceptors (Lipinski definition) is 5. The van der Waals surface area contributed by atoms with E-state index in [9.17, 15) is 14.9 Å². The Kier molecular flexibility index (Phi) is 5.84. The molecule has 124 valence electrons. The summed E-state index contributed by atoms with van der Waals surface area (Å²) in [4.78, 5) is 24.6.